The number of halogens is 1. The minimum absolute atomic E-state index is 0. The highest BCUT2D eigenvalue weighted by Gasteiger charge is 2.35. The van der Waals surface area contributed by atoms with Gasteiger partial charge in [-0.1, -0.05) is 35.5 Å². The maximum Gasteiger partial charge on any atom is 0.439 e. The number of anilines is 1. The van der Waals surface area contributed by atoms with Crippen LogP contribution >= 0.6 is 12.4 Å². The molecule has 0 saturated heterocycles. The molecule has 1 fully saturated rings. The van der Waals surface area contributed by atoms with Crippen molar-refractivity contribution in [2.75, 3.05) is 11.4 Å². The summed E-state index contributed by atoms with van der Waals surface area (Å²) < 4.78 is 4.58. The first-order valence-corrected chi connectivity index (χ1v) is 13.4. The fourth-order valence-corrected chi connectivity index (χ4v) is 5.19. The Bertz CT molecular complexity index is 1500. The van der Waals surface area contributed by atoms with Crippen molar-refractivity contribution in [2.24, 2.45) is 23.3 Å². The lowest BCUT2D eigenvalue weighted by Crippen LogP contribution is -2.50. The second-order valence-electron chi connectivity index (χ2n) is 10.2. The predicted molar refractivity (Wildman–Crippen MR) is 158 cm³/mol. The topological polar surface area (TPSA) is 161 Å². The Labute approximate surface area is 243 Å². The molecule has 0 spiro atoms. The molecule has 1 aliphatic carbocycles. The standard InChI is InChI=1S/C30H32N6O4.ClH/c31-17-20-5-9-23(10-6-20)28(37)36(25-13-11-22(12-14-25)27-34-30(39)40-35-27)29(38)26(32)16-19-3-7-21(8-4-19)24-2-1-15-33-18-24;/h1-4,7-8,11-15,18,20,23,26H,5-6,9-10,16-17,31-32H2,(H,34,35,39);1H/t20?,23?,26-;/m0./s1. The summed E-state index contributed by atoms with van der Waals surface area (Å²) in [4.78, 5) is 46.8. The van der Waals surface area contributed by atoms with Gasteiger partial charge in [0.15, 0.2) is 5.82 Å². The molecule has 10 nitrogen and oxygen atoms in total. The maximum atomic E-state index is 13.8. The SMILES string of the molecule is Cl.NCC1CCC(C(=O)N(C(=O)[C@@H](N)Cc2ccc(-c3cccnc3)cc2)c2ccc(-c3noc(=O)[nH]3)cc2)CC1. The fraction of sp³-hybridized carbons (Fsp3) is 0.300. The van der Waals surface area contributed by atoms with Gasteiger partial charge in [0.1, 0.15) is 0 Å². The van der Waals surface area contributed by atoms with Gasteiger partial charge in [-0.3, -0.25) is 24.1 Å². The number of benzene rings is 2. The van der Waals surface area contributed by atoms with Gasteiger partial charge in [-0.05, 0) is 91.6 Å². The second-order valence-corrected chi connectivity index (χ2v) is 10.2. The van der Waals surface area contributed by atoms with Crippen molar-refractivity contribution < 1.29 is 14.1 Å². The van der Waals surface area contributed by atoms with E-state index < -0.39 is 17.7 Å². The van der Waals surface area contributed by atoms with E-state index in [-0.39, 0.29) is 36.5 Å². The van der Waals surface area contributed by atoms with Crippen molar-refractivity contribution in [3.63, 3.8) is 0 Å². The first kappa shape index (κ1) is 29.9. The van der Waals surface area contributed by atoms with Gasteiger partial charge in [-0.2, -0.15) is 0 Å². The lowest BCUT2D eigenvalue weighted by molar-refractivity contribution is -0.130. The highest BCUT2D eigenvalue weighted by molar-refractivity contribution is 6.17. The summed E-state index contributed by atoms with van der Waals surface area (Å²) in [7, 11) is 0. The highest BCUT2D eigenvalue weighted by Crippen LogP contribution is 2.32. The Hall–Kier alpha value is -4.12. The van der Waals surface area contributed by atoms with Crippen LogP contribution in [0.5, 0.6) is 0 Å². The molecule has 1 saturated carbocycles. The number of rotatable bonds is 8. The first-order valence-electron chi connectivity index (χ1n) is 13.4. The third-order valence-electron chi connectivity index (χ3n) is 7.53. The van der Waals surface area contributed by atoms with E-state index in [0.717, 1.165) is 29.5 Å². The Balaban J connectivity index is 0.00000387. The van der Waals surface area contributed by atoms with E-state index in [1.807, 2.05) is 36.4 Å². The average molecular weight is 577 g/mol. The van der Waals surface area contributed by atoms with Crippen LogP contribution in [0.2, 0.25) is 0 Å². The molecular weight excluding hydrogens is 544 g/mol. The third-order valence-corrected chi connectivity index (χ3v) is 7.53. The first-order chi connectivity index (χ1) is 19.4. The van der Waals surface area contributed by atoms with Crippen LogP contribution in [0.1, 0.15) is 31.2 Å². The zero-order valence-electron chi connectivity index (χ0n) is 22.4. The minimum Gasteiger partial charge on any atom is -0.330 e. The smallest absolute Gasteiger partial charge is 0.330 e. The lowest BCUT2D eigenvalue weighted by atomic mass is 9.81. The largest absolute Gasteiger partial charge is 0.439 e. The normalized spacial score (nSPS) is 17.3. The lowest BCUT2D eigenvalue weighted by Gasteiger charge is -2.32. The molecule has 41 heavy (non-hydrogen) atoms. The molecule has 0 radical (unpaired) electrons. The molecule has 5 rings (SSSR count). The van der Waals surface area contributed by atoms with Crippen LogP contribution in [0.15, 0.2) is 82.4 Å². The fourth-order valence-electron chi connectivity index (χ4n) is 5.19. The highest BCUT2D eigenvalue weighted by atomic mass is 35.5. The molecular formula is C30H33ClN6O4. The van der Waals surface area contributed by atoms with Gasteiger partial charge in [0.2, 0.25) is 5.91 Å². The molecule has 0 aliphatic heterocycles. The molecule has 1 aliphatic rings. The average Bonchev–Trinajstić information content (AvgIpc) is 3.44. The summed E-state index contributed by atoms with van der Waals surface area (Å²) in [6.45, 7) is 0.597. The van der Waals surface area contributed by atoms with Crippen LogP contribution in [0, 0.1) is 11.8 Å². The van der Waals surface area contributed by atoms with Crippen LogP contribution in [-0.4, -0.2) is 39.5 Å². The molecule has 2 heterocycles. The van der Waals surface area contributed by atoms with E-state index in [0.29, 0.717) is 36.6 Å². The summed E-state index contributed by atoms with van der Waals surface area (Å²) in [5, 5.41) is 3.70. The van der Waals surface area contributed by atoms with E-state index >= 15 is 0 Å². The molecule has 0 unspecified atom stereocenters. The summed E-state index contributed by atoms with van der Waals surface area (Å²) in [6, 6.07) is 17.4. The van der Waals surface area contributed by atoms with Gasteiger partial charge in [0, 0.05) is 23.9 Å². The van der Waals surface area contributed by atoms with Crippen LogP contribution in [-0.2, 0) is 16.0 Å². The number of pyridine rings is 1. The zero-order chi connectivity index (χ0) is 28.1. The third kappa shape index (κ3) is 6.97. The van der Waals surface area contributed by atoms with Gasteiger partial charge in [0.25, 0.3) is 5.91 Å². The number of hydrogen-bond acceptors (Lipinski definition) is 8. The van der Waals surface area contributed by atoms with E-state index in [4.69, 9.17) is 11.5 Å². The van der Waals surface area contributed by atoms with Gasteiger partial charge < -0.3 is 11.5 Å². The van der Waals surface area contributed by atoms with Gasteiger partial charge in [-0.25, -0.2) is 9.69 Å². The van der Waals surface area contributed by atoms with E-state index in [1.165, 1.54) is 4.90 Å². The van der Waals surface area contributed by atoms with E-state index in [9.17, 15) is 14.4 Å². The Kier molecular flexibility index (Phi) is 9.82. The number of nitrogens with zero attached hydrogens (tertiary/aromatic N) is 3. The number of amides is 2. The molecule has 214 valence electrons. The molecule has 2 amide bonds. The Morgan fingerprint density at radius 3 is 2.24 bits per heavy atom. The van der Waals surface area contributed by atoms with E-state index in [2.05, 4.69) is 19.6 Å². The molecule has 4 aromatic rings. The summed E-state index contributed by atoms with van der Waals surface area (Å²) in [5.74, 6) is -1.03. The number of H-pyrrole nitrogens is 1. The Morgan fingerprint density at radius 2 is 1.66 bits per heavy atom. The molecule has 11 heteroatoms. The van der Waals surface area contributed by atoms with Crippen molar-refractivity contribution >= 4 is 29.9 Å². The molecule has 2 aromatic heterocycles. The predicted octanol–water partition coefficient (Wildman–Crippen LogP) is 3.71. The number of hydrogen-bond donors (Lipinski definition) is 3. The monoisotopic (exact) mass is 576 g/mol. The van der Waals surface area contributed by atoms with Crippen molar-refractivity contribution in [1.82, 2.24) is 15.1 Å². The van der Waals surface area contributed by atoms with Crippen molar-refractivity contribution in [1.29, 1.82) is 0 Å². The van der Waals surface area contributed by atoms with Crippen molar-refractivity contribution in [3.05, 3.63) is 89.2 Å². The van der Waals surface area contributed by atoms with Crippen LogP contribution < -0.4 is 22.1 Å². The number of aromatic amines is 1. The zero-order valence-corrected chi connectivity index (χ0v) is 23.3. The van der Waals surface area contributed by atoms with Crippen LogP contribution in [0.3, 0.4) is 0 Å². The minimum atomic E-state index is -0.930. The molecule has 5 N–H and O–H groups in total. The molecule has 2 aromatic carbocycles. The number of carbonyl (C=O) groups is 2. The summed E-state index contributed by atoms with van der Waals surface area (Å²) in [6.07, 6.45) is 6.84. The molecule has 0 bridgehead atoms. The number of imide groups is 1. The number of nitrogens with one attached hydrogen (secondary N) is 1. The Morgan fingerprint density at radius 1 is 0.976 bits per heavy atom. The second kappa shape index (κ2) is 13.5. The van der Waals surface area contributed by atoms with E-state index in [1.54, 1.807) is 36.7 Å². The van der Waals surface area contributed by atoms with Crippen molar-refractivity contribution in [3.8, 4) is 22.5 Å². The van der Waals surface area contributed by atoms with Gasteiger partial charge >= 0.3 is 5.76 Å². The van der Waals surface area contributed by atoms with Gasteiger partial charge in [-0.15, -0.1) is 12.4 Å². The van der Waals surface area contributed by atoms with Gasteiger partial charge in [0.05, 0.1) is 11.7 Å². The summed E-state index contributed by atoms with van der Waals surface area (Å²) >= 11 is 0. The van der Waals surface area contributed by atoms with Crippen molar-refractivity contribution in [2.45, 2.75) is 38.1 Å². The summed E-state index contributed by atoms with van der Waals surface area (Å²) in [5.41, 5.74) is 16.2. The van der Waals surface area contributed by atoms with Crippen LogP contribution in [0.25, 0.3) is 22.5 Å². The number of carbonyl (C=O) groups excluding carboxylic acids is 2. The maximum absolute atomic E-state index is 13.8. The number of aromatic nitrogens is 3. The molecule has 1 atom stereocenters. The quantitative estimate of drug-likeness (QED) is 0.286. The number of nitrogens with two attached hydrogens (primary N) is 2. The van der Waals surface area contributed by atoms with Crippen LogP contribution in [0.4, 0.5) is 5.69 Å².